The van der Waals surface area contributed by atoms with Gasteiger partial charge in [-0.3, -0.25) is 0 Å². The number of carbonyl (C=O) groups is 1. The Kier molecular flexibility index (Phi) is 6.02. The number of piperidine rings is 1. The minimum atomic E-state index is -0.956. The van der Waals surface area contributed by atoms with E-state index in [1.807, 2.05) is 0 Å². The van der Waals surface area contributed by atoms with E-state index >= 15 is 0 Å². The molecule has 0 amide bonds. The number of likely N-dealkylation sites (tertiary alicyclic amines) is 1. The summed E-state index contributed by atoms with van der Waals surface area (Å²) >= 11 is 0. The van der Waals surface area contributed by atoms with Gasteiger partial charge in [-0.15, -0.1) is 0 Å². The molecular formula is C16H24N2O3. The molecular weight excluding hydrogens is 268 g/mol. The molecule has 0 spiro atoms. The molecule has 1 saturated heterocycles. The van der Waals surface area contributed by atoms with Gasteiger partial charge in [0.2, 0.25) is 0 Å². The Morgan fingerprint density at radius 3 is 3.00 bits per heavy atom. The maximum absolute atomic E-state index is 11.1. The van der Waals surface area contributed by atoms with Crippen LogP contribution in [-0.2, 0) is 0 Å². The number of rotatable bonds is 7. The van der Waals surface area contributed by atoms with E-state index in [0.717, 1.165) is 13.1 Å². The molecule has 2 rings (SSSR count). The number of nitrogens with zero attached hydrogens (tertiary/aromatic N) is 1. The minimum absolute atomic E-state index is 0.213. The van der Waals surface area contributed by atoms with Crippen LogP contribution in [-0.4, -0.2) is 55.3 Å². The van der Waals surface area contributed by atoms with Crippen LogP contribution >= 0.6 is 0 Å². The van der Waals surface area contributed by atoms with Crippen LogP contribution in [0.15, 0.2) is 24.3 Å². The maximum atomic E-state index is 11.1. The minimum Gasteiger partial charge on any atom is -0.491 e. The van der Waals surface area contributed by atoms with E-state index in [4.69, 9.17) is 9.84 Å². The maximum Gasteiger partial charge on any atom is 0.339 e. The number of benzene rings is 1. The third-order valence-electron chi connectivity index (χ3n) is 3.96. The van der Waals surface area contributed by atoms with Crippen LogP contribution < -0.4 is 10.1 Å². The van der Waals surface area contributed by atoms with Gasteiger partial charge in [0.25, 0.3) is 0 Å². The zero-order valence-corrected chi connectivity index (χ0v) is 12.5. The topological polar surface area (TPSA) is 61.8 Å². The summed E-state index contributed by atoms with van der Waals surface area (Å²) < 4.78 is 5.56. The van der Waals surface area contributed by atoms with Gasteiger partial charge in [-0.2, -0.15) is 0 Å². The third kappa shape index (κ3) is 4.72. The number of nitrogens with one attached hydrogen (secondary N) is 1. The zero-order valence-electron chi connectivity index (χ0n) is 12.5. The van der Waals surface area contributed by atoms with Gasteiger partial charge >= 0.3 is 5.97 Å². The number of hydrogen-bond donors (Lipinski definition) is 2. The smallest absolute Gasteiger partial charge is 0.339 e. The predicted octanol–water partition coefficient (Wildman–Crippen LogP) is 1.84. The fourth-order valence-electron chi connectivity index (χ4n) is 2.67. The molecule has 1 aromatic rings. The van der Waals surface area contributed by atoms with Crippen molar-refractivity contribution in [3.63, 3.8) is 0 Å². The van der Waals surface area contributed by atoms with Crippen LogP contribution in [0.2, 0.25) is 0 Å². The zero-order chi connectivity index (χ0) is 15.1. The molecule has 0 aromatic heterocycles. The molecule has 21 heavy (non-hydrogen) atoms. The molecule has 1 aliphatic heterocycles. The fourth-order valence-corrected chi connectivity index (χ4v) is 2.67. The molecule has 0 aliphatic carbocycles. The lowest BCUT2D eigenvalue weighted by Gasteiger charge is -2.32. The van der Waals surface area contributed by atoms with E-state index in [0.29, 0.717) is 18.4 Å². The number of ether oxygens (including phenoxy) is 1. The van der Waals surface area contributed by atoms with Crippen molar-refractivity contribution in [1.29, 1.82) is 0 Å². The number of likely N-dealkylation sites (N-methyl/N-ethyl adjacent to an activating group) is 1. The van der Waals surface area contributed by atoms with Crippen LogP contribution in [0.1, 0.15) is 29.6 Å². The van der Waals surface area contributed by atoms with Crippen LogP contribution in [0.3, 0.4) is 0 Å². The molecule has 1 unspecified atom stereocenters. The predicted molar refractivity (Wildman–Crippen MR) is 82.0 cm³/mol. The summed E-state index contributed by atoms with van der Waals surface area (Å²) in [7, 11) is 2.17. The molecule has 1 aliphatic rings. The Hall–Kier alpha value is -1.59. The Morgan fingerprint density at radius 2 is 2.24 bits per heavy atom. The second-order valence-corrected chi connectivity index (χ2v) is 5.48. The highest BCUT2D eigenvalue weighted by atomic mass is 16.5. The first-order valence-electron chi connectivity index (χ1n) is 7.54. The number of hydrogen-bond acceptors (Lipinski definition) is 4. The second kappa shape index (κ2) is 8.00. The highest BCUT2D eigenvalue weighted by molar-refractivity contribution is 5.90. The molecule has 1 heterocycles. The average molecular weight is 292 g/mol. The van der Waals surface area contributed by atoms with Gasteiger partial charge in [-0.1, -0.05) is 18.6 Å². The van der Waals surface area contributed by atoms with Crippen LogP contribution in [0, 0.1) is 0 Å². The summed E-state index contributed by atoms with van der Waals surface area (Å²) in [6, 6.07) is 7.34. The highest BCUT2D eigenvalue weighted by Crippen LogP contribution is 2.17. The van der Waals surface area contributed by atoms with Gasteiger partial charge in [0.15, 0.2) is 0 Å². The van der Waals surface area contributed by atoms with Gasteiger partial charge in [0.05, 0.1) is 0 Å². The van der Waals surface area contributed by atoms with E-state index < -0.39 is 5.97 Å². The highest BCUT2D eigenvalue weighted by Gasteiger charge is 2.17. The Bertz CT molecular complexity index is 465. The van der Waals surface area contributed by atoms with Crippen LogP contribution in [0.4, 0.5) is 0 Å². The molecule has 1 aromatic carbocycles. The van der Waals surface area contributed by atoms with Crippen molar-refractivity contribution in [1.82, 2.24) is 10.2 Å². The monoisotopic (exact) mass is 292 g/mol. The normalized spacial score (nSPS) is 19.4. The van der Waals surface area contributed by atoms with Gasteiger partial charge < -0.3 is 20.1 Å². The molecule has 2 N–H and O–H groups in total. The number of carboxylic acid groups (broad SMARTS) is 1. The molecule has 0 saturated carbocycles. The molecule has 5 heteroatoms. The fraction of sp³-hybridized carbons (Fsp3) is 0.562. The summed E-state index contributed by atoms with van der Waals surface area (Å²) in [6.45, 7) is 3.33. The van der Waals surface area contributed by atoms with Crippen molar-refractivity contribution in [2.75, 3.05) is 33.3 Å². The van der Waals surface area contributed by atoms with E-state index in [1.54, 1.807) is 24.3 Å². The van der Waals surface area contributed by atoms with Gasteiger partial charge in [-0.25, -0.2) is 4.79 Å². The quantitative estimate of drug-likeness (QED) is 0.751. The van der Waals surface area contributed by atoms with E-state index in [1.165, 1.54) is 25.8 Å². The lowest BCUT2D eigenvalue weighted by molar-refractivity contribution is 0.0692. The standard InChI is InChI=1S/C16H24N2O3/c1-18-10-5-4-6-13(18)12-17-9-11-21-15-8-3-2-7-14(15)16(19)20/h2-3,7-8,13,17H,4-6,9-12H2,1H3,(H,19,20). The molecule has 116 valence electrons. The van der Waals surface area contributed by atoms with Crippen molar-refractivity contribution in [3.8, 4) is 5.75 Å². The summed E-state index contributed by atoms with van der Waals surface area (Å²) in [5, 5.41) is 12.5. The van der Waals surface area contributed by atoms with Crippen LogP contribution in [0.5, 0.6) is 5.75 Å². The van der Waals surface area contributed by atoms with Crippen molar-refractivity contribution in [2.24, 2.45) is 0 Å². The Balaban J connectivity index is 1.69. The van der Waals surface area contributed by atoms with Gasteiger partial charge in [0.1, 0.15) is 17.9 Å². The van der Waals surface area contributed by atoms with Gasteiger partial charge in [0, 0.05) is 19.1 Å². The molecule has 1 fully saturated rings. The first-order chi connectivity index (χ1) is 10.2. The number of aromatic carboxylic acids is 1. The largest absolute Gasteiger partial charge is 0.491 e. The van der Waals surface area contributed by atoms with Crippen molar-refractivity contribution >= 4 is 5.97 Å². The summed E-state index contributed by atoms with van der Waals surface area (Å²) in [5.41, 5.74) is 0.213. The molecule has 0 bridgehead atoms. The van der Waals surface area contributed by atoms with Gasteiger partial charge in [-0.05, 0) is 38.6 Å². The molecule has 1 atom stereocenters. The SMILES string of the molecule is CN1CCCCC1CNCCOc1ccccc1C(=O)O. The lowest BCUT2D eigenvalue weighted by Crippen LogP contribution is -2.43. The van der Waals surface area contributed by atoms with E-state index in [2.05, 4.69) is 17.3 Å². The third-order valence-corrected chi connectivity index (χ3v) is 3.96. The second-order valence-electron chi connectivity index (χ2n) is 5.48. The Labute approximate surface area is 125 Å². The number of para-hydroxylation sites is 1. The molecule has 5 nitrogen and oxygen atoms in total. The first-order valence-corrected chi connectivity index (χ1v) is 7.54. The summed E-state index contributed by atoms with van der Waals surface area (Å²) in [4.78, 5) is 13.5. The van der Waals surface area contributed by atoms with Crippen LogP contribution in [0.25, 0.3) is 0 Å². The van der Waals surface area contributed by atoms with E-state index in [9.17, 15) is 4.79 Å². The summed E-state index contributed by atoms with van der Waals surface area (Å²) in [6.07, 6.45) is 3.84. The van der Waals surface area contributed by atoms with Crippen molar-refractivity contribution in [3.05, 3.63) is 29.8 Å². The van der Waals surface area contributed by atoms with Crippen molar-refractivity contribution < 1.29 is 14.6 Å². The average Bonchev–Trinajstić information content (AvgIpc) is 2.49. The summed E-state index contributed by atoms with van der Waals surface area (Å²) in [5.74, 6) is -0.524. The van der Waals surface area contributed by atoms with Crippen molar-refractivity contribution in [2.45, 2.75) is 25.3 Å². The Morgan fingerprint density at radius 1 is 1.43 bits per heavy atom. The molecule has 0 radical (unpaired) electrons. The lowest BCUT2D eigenvalue weighted by atomic mass is 10.0. The first kappa shape index (κ1) is 15.8. The van der Waals surface area contributed by atoms with E-state index in [-0.39, 0.29) is 5.56 Å². The number of carboxylic acids is 1.